The molecule has 0 fully saturated rings. The first kappa shape index (κ1) is 24.6. The molecule has 0 atom stereocenters. The molecular formula is C27H28F4O2. The van der Waals surface area contributed by atoms with Gasteiger partial charge in [-0.15, -0.1) is 0 Å². The minimum absolute atomic E-state index is 0.0000219. The van der Waals surface area contributed by atoms with E-state index in [1.807, 2.05) is 6.92 Å². The monoisotopic (exact) mass is 460 g/mol. The van der Waals surface area contributed by atoms with Crippen molar-refractivity contribution in [2.24, 2.45) is 0 Å². The molecule has 0 unspecified atom stereocenters. The second-order valence-corrected chi connectivity index (χ2v) is 7.96. The molecule has 0 aliphatic rings. The first-order chi connectivity index (χ1) is 15.7. The van der Waals surface area contributed by atoms with Gasteiger partial charge >= 0.3 is 12.2 Å². The van der Waals surface area contributed by atoms with E-state index in [0.29, 0.717) is 0 Å². The zero-order valence-electron chi connectivity index (χ0n) is 18.8. The number of hydrogen-bond acceptors (Lipinski definition) is 2. The summed E-state index contributed by atoms with van der Waals surface area (Å²) in [6, 6.07) is 16.6. The van der Waals surface area contributed by atoms with Crippen molar-refractivity contribution in [3.63, 3.8) is 0 Å². The number of hydrogen-bond donors (Lipinski definition) is 0. The molecule has 3 aromatic rings. The van der Waals surface area contributed by atoms with Crippen molar-refractivity contribution < 1.29 is 27.0 Å². The molecule has 6 heteroatoms. The van der Waals surface area contributed by atoms with Crippen LogP contribution in [0.1, 0.15) is 55.4 Å². The van der Waals surface area contributed by atoms with Gasteiger partial charge in [-0.25, -0.2) is 0 Å². The van der Waals surface area contributed by atoms with Crippen LogP contribution >= 0.6 is 0 Å². The summed E-state index contributed by atoms with van der Waals surface area (Å²) in [7, 11) is 0. The predicted octanol–water partition coefficient (Wildman–Crippen LogP) is 8.24. The van der Waals surface area contributed by atoms with E-state index in [1.165, 1.54) is 24.3 Å². The summed E-state index contributed by atoms with van der Waals surface area (Å²) < 4.78 is 67.9. The van der Waals surface area contributed by atoms with Gasteiger partial charge in [0.15, 0.2) is 0 Å². The largest absolute Gasteiger partial charge is 0.429 e. The number of aryl methyl sites for hydroxylation is 2. The second kappa shape index (κ2) is 10.7. The van der Waals surface area contributed by atoms with Crippen LogP contribution < -0.4 is 9.47 Å². The van der Waals surface area contributed by atoms with Crippen LogP contribution in [0.2, 0.25) is 0 Å². The summed E-state index contributed by atoms with van der Waals surface area (Å²) in [5.74, 6) is 0.00415. The predicted molar refractivity (Wildman–Crippen MR) is 121 cm³/mol. The summed E-state index contributed by atoms with van der Waals surface area (Å²) in [4.78, 5) is 0. The van der Waals surface area contributed by atoms with Crippen molar-refractivity contribution in [3.8, 4) is 11.5 Å². The van der Waals surface area contributed by atoms with Crippen LogP contribution in [-0.2, 0) is 25.1 Å². The first-order valence-corrected chi connectivity index (χ1v) is 11.2. The minimum atomic E-state index is -3.67. The van der Waals surface area contributed by atoms with Gasteiger partial charge in [0.2, 0.25) is 0 Å². The molecule has 176 valence electrons. The van der Waals surface area contributed by atoms with E-state index in [2.05, 4.69) is 6.92 Å². The number of rotatable bonds is 11. The van der Waals surface area contributed by atoms with Crippen LogP contribution in [0.15, 0.2) is 72.8 Å². The Hall–Kier alpha value is -3.02. The molecule has 0 radical (unpaired) electrons. The zero-order chi connectivity index (χ0) is 23.9. The Morgan fingerprint density at radius 3 is 1.30 bits per heavy atom. The molecule has 3 rings (SSSR count). The number of benzene rings is 3. The smallest absolute Gasteiger partial charge is 0.426 e. The van der Waals surface area contributed by atoms with E-state index in [4.69, 9.17) is 9.47 Å². The van der Waals surface area contributed by atoms with Gasteiger partial charge in [-0.3, -0.25) is 0 Å². The maximum atomic E-state index is 14.6. The molecule has 3 aromatic carbocycles. The molecule has 33 heavy (non-hydrogen) atoms. The standard InChI is InChI=1S/C27H28F4O2/c1-3-5-7-21-10-18-25(19-11-21)33-27(30,31)23-14-12-22(13-15-23)26(28,29)32-24-16-8-20(6-4-2)9-17-24/h8-19H,3-7H2,1-2H3. The average molecular weight is 461 g/mol. The fourth-order valence-corrected chi connectivity index (χ4v) is 3.39. The Labute approximate surface area is 192 Å². The van der Waals surface area contributed by atoms with Gasteiger partial charge in [-0.2, -0.15) is 17.6 Å². The van der Waals surface area contributed by atoms with Gasteiger partial charge in [0.25, 0.3) is 0 Å². The van der Waals surface area contributed by atoms with Gasteiger partial charge in [0.1, 0.15) is 11.5 Å². The van der Waals surface area contributed by atoms with Gasteiger partial charge in [-0.1, -0.05) is 51.0 Å². The van der Waals surface area contributed by atoms with Gasteiger partial charge in [0.05, 0.1) is 11.1 Å². The number of halogens is 4. The van der Waals surface area contributed by atoms with Crippen molar-refractivity contribution >= 4 is 0 Å². The Kier molecular flexibility index (Phi) is 8.01. The summed E-state index contributed by atoms with van der Waals surface area (Å²) in [5.41, 5.74) is 1.01. The molecule has 0 aromatic heterocycles. The van der Waals surface area contributed by atoms with Crippen LogP contribution in [-0.4, -0.2) is 0 Å². The quantitative estimate of drug-likeness (QED) is 0.268. The van der Waals surface area contributed by atoms with E-state index >= 15 is 0 Å². The lowest BCUT2D eigenvalue weighted by Gasteiger charge is -2.21. The Morgan fingerprint density at radius 2 is 0.939 bits per heavy atom. The summed E-state index contributed by atoms with van der Waals surface area (Å²) in [6.45, 7) is 4.11. The van der Waals surface area contributed by atoms with Crippen molar-refractivity contribution in [2.75, 3.05) is 0 Å². The third-order valence-electron chi connectivity index (χ3n) is 5.25. The molecular weight excluding hydrogens is 432 g/mol. The number of alkyl halides is 4. The highest BCUT2D eigenvalue weighted by atomic mass is 19.3. The summed E-state index contributed by atoms with van der Waals surface area (Å²) >= 11 is 0. The van der Waals surface area contributed by atoms with Crippen molar-refractivity contribution in [1.82, 2.24) is 0 Å². The lowest BCUT2D eigenvalue weighted by molar-refractivity contribution is -0.188. The van der Waals surface area contributed by atoms with E-state index in [9.17, 15) is 17.6 Å². The molecule has 0 bridgehead atoms. The molecule has 0 aliphatic carbocycles. The molecule has 0 saturated carbocycles. The average Bonchev–Trinajstić information content (AvgIpc) is 2.80. The third-order valence-corrected chi connectivity index (χ3v) is 5.25. The number of ether oxygens (including phenoxy) is 2. The zero-order valence-corrected chi connectivity index (χ0v) is 18.8. The maximum Gasteiger partial charge on any atom is 0.426 e. The molecule has 0 amide bonds. The van der Waals surface area contributed by atoms with E-state index in [1.54, 1.807) is 24.3 Å². The van der Waals surface area contributed by atoms with E-state index < -0.39 is 23.3 Å². The van der Waals surface area contributed by atoms with Crippen LogP contribution in [0, 0.1) is 0 Å². The SMILES string of the molecule is CCCCc1ccc(OC(F)(F)c2ccc(C(F)(F)Oc3ccc(CCC)cc3)cc2)cc1. The van der Waals surface area contributed by atoms with E-state index in [-0.39, 0.29) is 11.5 Å². The second-order valence-electron chi connectivity index (χ2n) is 7.96. The van der Waals surface area contributed by atoms with Gasteiger partial charge in [0, 0.05) is 0 Å². The lowest BCUT2D eigenvalue weighted by Crippen LogP contribution is -2.24. The third kappa shape index (κ3) is 6.73. The summed E-state index contributed by atoms with van der Waals surface area (Å²) in [6.07, 6.45) is -2.63. The molecule has 0 heterocycles. The molecule has 0 N–H and O–H groups in total. The topological polar surface area (TPSA) is 18.5 Å². The van der Waals surface area contributed by atoms with Gasteiger partial charge in [-0.05, 0) is 78.9 Å². The normalized spacial score (nSPS) is 11.9. The lowest BCUT2D eigenvalue weighted by atomic mass is 10.1. The van der Waals surface area contributed by atoms with E-state index in [0.717, 1.165) is 67.5 Å². The van der Waals surface area contributed by atoms with Crippen molar-refractivity contribution in [1.29, 1.82) is 0 Å². The molecule has 0 spiro atoms. The first-order valence-electron chi connectivity index (χ1n) is 11.2. The van der Waals surface area contributed by atoms with Crippen LogP contribution in [0.4, 0.5) is 17.6 Å². The van der Waals surface area contributed by atoms with Crippen molar-refractivity contribution in [2.45, 2.75) is 58.2 Å². The Bertz CT molecular complexity index is 998. The molecule has 2 nitrogen and oxygen atoms in total. The molecule has 0 aliphatic heterocycles. The minimum Gasteiger partial charge on any atom is -0.429 e. The van der Waals surface area contributed by atoms with Gasteiger partial charge < -0.3 is 9.47 Å². The highest BCUT2D eigenvalue weighted by molar-refractivity contribution is 5.32. The maximum absolute atomic E-state index is 14.6. The van der Waals surface area contributed by atoms with Crippen LogP contribution in [0.3, 0.4) is 0 Å². The summed E-state index contributed by atoms with van der Waals surface area (Å²) in [5, 5.41) is 0. The van der Waals surface area contributed by atoms with Crippen molar-refractivity contribution in [3.05, 3.63) is 95.1 Å². The Morgan fingerprint density at radius 1 is 0.545 bits per heavy atom. The highest BCUT2D eigenvalue weighted by Gasteiger charge is 2.38. The number of unbranched alkanes of at least 4 members (excludes halogenated alkanes) is 1. The van der Waals surface area contributed by atoms with Crippen LogP contribution in [0.25, 0.3) is 0 Å². The Balaban J connectivity index is 1.67. The molecule has 0 saturated heterocycles. The fourth-order valence-electron chi connectivity index (χ4n) is 3.39. The van der Waals surface area contributed by atoms with Crippen LogP contribution in [0.5, 0.6) is 11.5 Å². The highest BCUT2D eigenvalue weighted by Crippen LogP contribution is 2.35. The fraction of sp³-hybridized carbons (Fsp3) is 0.333.